The molecule has 86 valence electrons. The normalized spacial score (nSPS) is 9.81. The number of carbonyl (C=O) groups is 1. The Balaban J connectivity index is 2.42. The highest BCUT2D eigenvalue weighted by atomic mass is 16.5. The van der Waals surface area contributed by atoms with Gasteiger partial charge in [-0.25, -0.2) is 9.78 Å². The summed E-state index contributed by atoms with van der Waals surface area (Å²) in [7, 11) is 1.55. The average molecular weight is 222 g/mol. The summed E-state index contributed by atoms with van der Waals surface area (Å²) in [4.78, 5) is 14.4. The molecule has 0 spiro atoms. The Morgan fingerprint density at radius 1 is 1.69 bits per heavy atom. The van der Waals surface area contributed by atoms with E-state index >= 15 is 0 Å². The van der Waals surface area contributed by atoms with Gasteiger partial charge in [0.25, 0.3) is 0 Å². The van der Waals surface area contributed by atoms with Gasteiger partial charge in [-0.05, 0) is 11.6 Å². The molecule has 1 rings (SSSR count). The standard InChI is InChI=1S/C11H14N2O3/c1-8(11(14)15)6-12-7-9-3-4-13-10(5-9)16-2/h3-5,12H,1,6-7H2,2H3,(H,14,15). The lowest BCUT2D eigenvalue weighted by atomic mass is 10.2. The SMILES string of the molecule is C=C(CNCc1ccnc(OC)c1)C(=O)O. The summed E-state index contributed by atoms with van der Waals surface area (Å²) in [6.07, 6.45) is 1.64. The summed E-state index contributed by atoms with van der Waals surface area (Å²) in [6.45, 7) is 4.22. The Bertz CT molecular complexity index is 391. The lowest BCUT2D eigenvalue weighted by Gasteiger charge is -2.05. The number of ether oxygens (including phenoxy) is 1. The third-order valence-electron chi connectivity index (χ3n) is 1.98. The minimum Gasteiger partial charge on any atom is -0.481 e. The summed E-state index contributed by atoms with van der Waals surface area (Å²) in [5.41, 5.74) is 1.12. The van der Waals surface area contributed by atoms with Crippen molar-refractivity contribution in [3.05, 3.63) is 36.0 Å². The number of hydrogen-bond acceptors (Lipinski definition) is 4. The smallest absolute Gasteiger partial charge is 0.332 e. The Morgan fingerprint density at radius 3 is 3.06 bits per heavy atom. The van der Waals surface area contributed by atoms with Gasteiger partial charge in [-0.2, -0.15) is 0 Å². The van der Waals surface area contributed by atoms with Gasteiger partial charge in [-0.3, -0.25) is 0 Å². The van der Waals surface area contributed by atoms with Crippen molar-refractivity contribution in [1.29, 1.82) is 0 Å². The van der Waals surface area contributed by atoms with Crippen LogP contribution < -0.4 is 10.1 Å². The zero-order valence-electron chi connectivity index (χ0n) is 9.06. The van der Waals surface area contributed by atoms with Gasteiger partial charge in [-0.1, -0.05) is 6.58 Å². The highest BCUT2D eigenvalue weighted by Crippen LogP contribution is 2.07. The van der Waals surface area contributed by atoms with E-state index in [0.29, 0.717) is 12.4 Å². The molecule has 0 fully saturated rings. The topological polar surface area (TPSA) is 71.5 Å². The number of pyridine rings is 1. The van der Waals surface area contributed by atoms with Crippen LogP contribution in [0.1, 0.15) is 5.56 Å². The molecular formula is C11H14N2O3. The van der Waals surface area contributed by atoms with E-state index in [9.17, 15) is 4.79 Å². The number of methoxy groups -OCH3 is 1. The maximum absolute atomic E-state index is 10.5. The fourth-order valence-corrected chi connectivity index (χ4v) is 1.11. The molecule has 0 atom stereocenters. The molecule has 5 nitrogen and oxygen atoms in total. The molecule has 1 aromatic heterocycles. The summed E-state index contributed by atoms with van der Waals surface area (Å²) < 4.78 is 4.97. The Hall–Kier alpha value is -1.88. The van der Waals surface area contributed by atoms with E-state index in [-0.39, 0.29) is 12.1 Å². The van der Waals surface area contributed by atoms with E-state index in [4.69, 9.17) is 9.84 Å². The van der Waals surface area contributed by atoms with Gasteiger partial charge in [-0.15, -0.1) is 0 Å². The molecule has 0 aliphatic heterocycles. The molecule has 0 aliphatic rings. The summed E-state index contributed by atoms with van der Waals surface area (Å²) >= 11 is 0. The zero-order valence-corrected chi connectivity index (χ0v) is 9.06. The Morgan fingerprint density at radius 2 is 2.44 bits per heavy atom. The first kappa shape index (κ1) is 12.2. The number of hydrogen-bond donors (Lipinski definition) is 2. The van der Waals surface area contributed by atoms with E-state index < -0.39 is 5.97 Å². The van der Waals surface area contributed by atoms with Gasteiger partial charge in [0.05, 0.1) is 7.11 Å². The van der Waals surface area contributed by atoms with E-state index in [2.05, 4.69) is 16.9 Å². The van der Waals surface area contributed by atoms with Crippen LogP contribution in [0.2, 0.25) is 0 Å². The van der Waals surface area contributed by atoms with Crippen molar-refractivity contribution >= 4 is 5.97 Å². The van der Waals surface area contributed by atoms with Crippen molar-refractivity contribution in [3.8, 4) is 5.88 Å². The summed E-state index contributed by atoms with van der Waals surface area (Å²) in [6, 6.07) is 3.62. The predicted octanol–water partition coefficient (Wildman–Crippen LogP) is 0.821. The summed E-state index contributed by atoms with van der Waals surface area (Å²) in [5, 5.41) is 11.6. The van der Waals surface area contributed by atoms with Gasteiger partial charge in [0.15, 0.2) is 0 Å². The van der Waals surface area contributed by atoms with Crippen LogP contribution in [0.25, 0.3) is 0 Å². The molecule has 0 unspecified atom stereocenters. The molecule has 0 aromatic carbocycles. The minimum absolute atomic E-state index is 0.140. The Kier molecular flexibility index (Phi) is 4.47. The van der Waals surface area contributed by atoms with Crippen molar-refractivity contribution < 1.29 is 14.6 Å². The van der Waals surface area contributed by atoms with E-state index in [1.165, 1.54) is 0 Å². The number of aliphatic carboxylic acids is 1. The van der Waals surface area contributed by atoms with Crippen LogP contribution in [0.15, 0.2) is 30.5 Å². The van der Waals surface area contributed by atoms with Crippen LogP contribution in [0, 0.1) is 0 Å². The lowest BCUT2D eigenvalue weighted by Crippen LogP contribution is -2.19. The molecule has 1 heterocycles. The fraction of sp³-hybridized carbons (Fsp3) is 0.273. The number of carboxylic acid groups (broad SMARTS) is 1. The maximum atomic E-state index is 10.5. The second-order valence-corrected chi connectivity index (χ2v) is 3.22. The highest BCUT2D eigenvalue weighted by molar-refractivity contribution is 5.86. The first-order valence-electron chi connectivity index (χ1n) is 4.74. The van der Waals surface area contributed by atoms with Gasteiger partial charge >= 0.3 is 5.97 Å². The molecule has 0 aliphatic carbocycles. The largest absolute Gasteiger partial charge is 0.481 e. The van der Waals surface area contributed by atoms with E-state index in [1.807, 2.05) is 6.07 Å². The number of nitrogens with one attached hydrogen (secondary N) is 1. The molecule has 5 heteroatoms. The highest BCUT2D eigenvalue weighted by Gasteiger charge is 2.03. The van der Waals surface area contributed by atoms with Crippen molar-refractivity contribution in [2.24, 2.45) is 0 Å². The van der Waals surface area contributed by atoms with Gasteiger partial charge in [0, 0.05) is 30.9 Å². The van der Waals surface area contributed by atoms with Crippen molar-refractivity contribution in [2.45, 2.75) is 6.54 Å². The van der Waals surface area contributed by atoms with Crippen molar-refractivity contribution in [1.82, 2.24) is 10.3 Å². The number of aromatic nitrogens is 1. The van der Waals surface area contributed by atoms with Gasteiger partial charge in [0.1, 0.15) is 0 Å². The molecule has 0 saturated carbocycles. The van der Waals surface area contributed by atoms with Crippen LogP contribution in [-0.2, 0) is 11.3 Å². The Labute approximate surface area is 93.8 Å². The van der Waals surface area contributed by atoms with Gasteiger partial charge in [0.2, 0.25) is 5.88 Å². The quantitative estimate of drug-likeness (QED) is 0.697. The first-order valence-corrected chi connectivity index (χ1v) is 4.74. The molecule has 16 heavy (non-hydrogen) atoms. The van der Waals surface area contributed by atoms with E-state index in [0.717, 1.165) is 5.56 Å². The van der Waals surface area contributed by atoms with Crippen molar-refractivity contribution in [2.75, 3.05) is 13.7 Å². The summed E-state index contributed by atoms with van der Waals surface area (Å²) in [5.74, 6) is -0.448. The molecular weight excluding hydrogens is 208 g/mol. The first-order chi connectivity index (χ1) is 7.63. The van der Waals surface area contributed by atoms with Crippen LogP contribution in [-0.4, -0.2) is 29.7 Å². The third kappa shape index (κ3) is 3.70. The lowest BCUT2D eigenvalue weighted by molar-refractivity contribution is -0.132. The molecule has 1 aromatic rings. The molecule has 0 amide bonds. The number of carboxylic acids is 1. The predicted molar refractivity (Wildman–Crippen MR) is 59.3 cm³/mol. The second kappa shape index (κ2) is 5.87. The molecule has 2 N–H and O–H groups in total. The minimum atomic E-state index is -0.986. The van der Waals surface area contributed by atoms with Crippen LogP contribution in [0.3, 0.4) is 0 Å². The second-order valence-electron chi connectivity index (χ2n) is 3.22. The molecule has 0 saturated heterocycles. The average Bonchev–Trinajstić information content (AvgIpc) is 2.29. The molecule has 0 bridgehead atoms. The van der Waals surface area contributed by atoms with Gasteiger partial charge < -0.3 is 15.2 Å². The van der Waals surface area contributed by atoms with Crippen LogP contribution >= 0.6 is 0 Å². The van der Waals surface area contributed by atoms with Crippen LogP contribution in [0.4, 0.5) is 0 Å². The zero-order chi connectivity index (χ0) is 12.0. The molecule has 0 radical (unpaired) electrons. The number of rotatable bonds is 6. The fourth-order valence-electron chi connectivity index (χ4n) is 1.11. The van der Waals surface area contributed by atoms with Crippen molar-refractivity contribution in [3.63, 3.8) is 0 Å². The number of nitrogens with zero attached hydrogens (tertiary/aromatic N) is 1. The van der Waals surface area contributed by atoms with E-state index in [1.54, 1.807) is 19.4 Å². The van der Waals surface area contributed by atoms with Crippen LogP contribution in [0.5, 0.6) is 5.88 Å². The maximum Gasteiger partial charge on any atom is 0.332 e. The monoisotopic (exact) mass is 222 g/mol. The third-order valence-corrected chi connectivity index (χ3v) is 1.98.